The number of rotatable bonds is 2. The first-order chi connectivity index (χ1) is 4.58. The van der Waals surface area contributed by atoms with E-state index in [0.717, 1.165) is 5.57 Å². The van der Waals surface area contributed by atoms with Gasteiger partial charge < -0.3 is 4.74 Å². The van der Waals surface area contributed by atoms with E-state index in [1.807, 2.05) is 26.8 Å². The Hall–Kier alpha value is -0.790. The van der Waals surface area contributed by atoms with E-state index in [-0.39, 0.29) is 11.4 Å². The standard InChI is InChI=1S/C8H12O2/c1-4-10-7(9)6-5-8(6,2)3/h5H,4H2,1-3H3. The summed E-state index contributed by atoms with van der Waals surface area (Å²) in [6.07, 6.45) is 1.92. The normalized spacial score (nSPS) is 19.7. The average molecular weight is 140 g/mol. The molecule has 0 aromatic rings. The number of carbonyl (C=O) groups is 1. The molecule has 0 N–H and O–H groups in total. The lowest BCUT2D eigenvalue weighted by Crippen LogP contribution is -2.06. The van der Waals surface area contributed by atoms with E-state index in [0.29, 0.717) is 6.61 Å². The Labute approximate surface area is 60.9 Å². The number of allylic oxidation sites excluding steroid dienone is 1. The van der Waals surface area contributed by atoms with E-state index in [1.165, 1.54) is 0 Å². The van der Waals surface area contributed by atoms with Crippen molar-refractivity contribution < 1.29 is 9.53 Å². The van der Waals surface area contributed by atoms with E-state index in [9.17, 15) is 4.79 Å². The first kappa shape index (κ1) is 7.32. The molecule has 10 heavy (non-hydrogen) atoms. The van der Waals surface area contributed by atoms with Gasteiger partial charge in [-0.05, 0) is 6.92 Å². The lowest BCUT2D eigenvalue weighted by Gasteiger charge is -2.02. The molecule has 0 bridgehead atoms. The summed E-state index contributed by atoms with van der Waals surface area (Å²) in [6, 6.07) is 0. The van der Waals surface area contributed by atoms with Crippen molar-refractivity contribution in [2.24, 2.45) is 5.41 Å². The first-order valence-corrected chi connectivity index (χ1v) is 3.48. The number of carbonyl (C=O) groups excluding carboxylic acids is 1. The Bertz CT molecular complexity index is 189. The molecule has 0 saturated heterocycles. The maximum atomic E-state index is 10.9. The second kappa shape index (κ2) is 2.11. The molecule has 0 heterocycles. The van der Waals surface area contributed by atoms with E-state index >= 15 is 0 Å². The molecule has 0 amide bonds. The monoisotopic (exact) mass is 140 g/mol. The van der Waals surface area contributed by atoms with Crippen LogP contribution in [0.2, 0.25) is 0 Å². The molecule has 1 aliphatic rings. The molecule has 0 spiro atoms. The number of esters is 1. The summed E-state index contributed by atoms with van der Waals surface area (Å²) in [5.74, 6) is -0.160. The van der Waals surface area contributed by atoms with Gasteiger partial charge in [0.15, 0.2) is 0 Å². The Kier molecular flexibility index (Phi) is 1.55. The van der Waals surface area contributed by atoms with Gasteiger partial charge in [0, 0.05) is 11.0 Å². The minimum absolute atomic E-state index is 0.00620. The van der Waals surface area contributed by atoms with Crippen LogP contribution in [0.1, 0.15) is 20.8 Å². The van der Waals surface area contributed by atoms with E-state index in [4.69, 9.17) is 4.74 Å². The quantitative estimate of drug-likeness (QED) is 0.543. The molecule has 0 saturated carbocycles. The molecule has 0 fully saturated rings. The highest BCUT2D eigenvalue weighted by Crippen LogP contribution is 2.43. The van der Waals surface area contributed by atoms with Gasteiger partial charge in [-0.3, -0.25) is 0 Å². The third-order valence-electron chi connectivity index (χ3n) is 1.61. The fourth-order valence-corrected chi connectivity index (χ4v) is 0.856. The van der Waals surface area contributed by atoms with Crippen molar-refractivity contribution in [1.82, 2.24) is 0 Å². The van der Waals surface area contributed by atoms with E-state index < -0.39 is 0 Å². The van der Waals surface area contributed by atoms with Gasteiger partial charge in [0.25, 0.3) is 0 Å². The van der Waals surface area contributed by atoms with Gasteiger partial charge in [-0.2, -0.15) is 0 Å². The summed E-state index contributed by atoms with van der Waals surface area (Å²) in [7, 11) is 0. The highest BCUT2D eigenvalue weighted by atomic mass is 16.5. The van der Waals surface area contributed by atoms with Crippen LogP contribution in [0.15, 0.2) is 11.6 Å². The maximum Gasteiger partial charge on any atom is 0.334 e. The summed E-state index contributed by atoms with van der Waals surface area (Å²) in [6.45, 7) is 6.28. The van der Waals surface area contributed by atoms with Gasteiger partial charge in [-0.1, -0.05) is 19.9 Å². The molecule has 0 radical (unpaired) electrons. The highest BCUT2D eigenvalue weighted by Gasteiger charge is 2.39. The number of hydrogen-bond donors (Lipinski definition) is 0. The topological polar surface area (TPSA) is 26.3 Å². The molecular formula is C8H12O2. The second-order valence-corrected chi connectivity index (χ2v) is 3.00. The fraction of sp³-hybridized carbons (Fsp3) is 0.625. The van der Waals surface area contributed by atoms with Crippen LogP contribution in [0.4, 0.5) is 0 Å². The molecule has 0 aromatic heterocycles. The minimum atomic E-state index is -0.160. The maximum absolute atomic E-state index is 10.9. The Morgan fingerprint density at radius 2 is 2.20 bits per heavy atom. The van der Waals surface area contributed by atoms with Gasteiger partial charge in [0.2, 0.25) is 0 Å². The summed E-state index contributed by atoms with van der Waals surface area (Å²) in [5.41, 5.74) is 0.820. The molecular weight excluding hydrogens is 128 g/mol. The SMILES string of the molecule is CCOC(=O)C1=CC1(C)C. The van der Waals surface area contributed by atoms with Crippen molar-refractivity contribution in [3.63, 3.8) is 0 Å². The van der Waals surface area contributed by atoms with Gasteiger partial charge in [0.05, 0.1) is 6.61 Å². The molecule has 2 heteroatoms. The summed E-state index contributed by atoms with van der Waals surface area (Å²) in [5, 5.41) is 0. The molecule has 0 aromatic carbocycles. The van der Waals surface area contributed by atoms with Crippen LogP contribution < -0.4 is 0 Å². The van der Waals surface area contributed by atoms with Crippen LogP contribution in [-0.2, 0) is 9.53 Å². The van der Waals surface area contributed by atoms with Crippen LogP contribution in [0, 0.1) is 5.41 Å². The van der Waals surface area contributed by atoms with Crippen LogP contribution in [0.25, 0.3) is 0 Å². The molecule has 1 rings (SSSR count). The molecule has 0 aliphatic heterocycles. The van der Waals surface area contributed by atoms with Gasteiger partial charge in [-0.25, -0.2) is 4.79 Å². The smallest absolute Gasteiger partial charge is 0.334 e. The van der Waals surface area contributed by atoms with Crippen molar-refractivity contribution in [2.75, 3.05) is 6.61 Å². The van der Waals surface area contributed by atoms with Gasteiger partial charge in [-0.15, -0.1) is 0 Å². The lowest BCUT2D eigenvalue weighted by atomic mass is 10.1. The van der Waals surface area contributed by atoms with Crippen LogP contribution in [0.3, 0.4) is 0 Å². The van der Waals surface area contributed by atoms with Crippen LogP contribution >= 0.6 is 0 Å². The van der Waals surface area contributed by atoms with Crippen LogP contribution in [0.5, 0.6) is 0 Å². The lowest BCUT2D eigenvalue weighted by molar-refractivity contribution is -0.138. The van der Waals surface area contributed by atoms with Crippen LogP contribution in [-0.4, -0.2) is 12.6 Å². The Morgan fingerprint density at radius 1 is 1.70 bits per heavy atom. The average Bonchev–Trinajstić information content (AvgIpc) is 2.41. The zero-order valence-electron chi connectivity index (χ0n) is 6.60. The predicted octanol–water partition coefficient (Wildman–Crippen LogP) is 1.52. The fourth-order valence-electron chi connectivity index (χ4n) is 0.856. The van der Waals surface area contributed by atoms with Gasteiger partial charge >= 0.3 is 5.97 Å². The van der Waals surface area contributed by atoms with E-state index in [1.54, 1.807) is 0 Å². The molecule has 0 atom stereocenters. The zero-order valence-corrected chi connectivity index (χ0v) is 6.60. The summed E-state index contributed by atoms with van der Waals surface area (Å²) >= 11 is 0. The molecule has 1 aliphatic carbocycles. The van der Waals surface area contributed by atoms with Crippen molar-refractivity contribution in [1.29, 1.82) is 0 Å². The second-order valence-electron chi connectivity index (χ2n) is 3.00. The summed E-state index contributed by atoms with van der Waals surface area (Å²) < 4.78 is 4.79. The minimum Gasteiger partial charge on any atom is -0.463 e. The predicted molar refractivity (Wildman–Crippen MR) is 38.5 cm³/mol. The number of hydrogen-bond acceptors (Lipinski definition) is 2. The van der Waals surface area contributed by atoms with Crippen molar-refractivity contribution in [3.05, 3.63) is 11.6 Å². The third-order valence-corrected chi connectivity index (χ3v) is 1.61. The van der Waals surface area contributed by atoms with Crippen molar-refractivity contribution in [2.45, 2.75) is 20.8 Å². The Balaban J connectivity index is 2.40. The van der Waals surface area contributed by atoms with Crippen molar-refractivity contribution >= 4 is 5.97 Å². The van der Waals surface area contributed by atoms with E-state index in [2.05, 4.69) is 0 Å². The summed E-state index contributed by atoms with van der Waals surface area (Å²) in [4.78, 5) is 10.9. The van der Waals surface area contributed by atoms with Gasteiger partial charge in [0.1, 0.15) is 0 Å². The highest BCUT2D eigenvalue weighted by molar-refractivity contribution is 5.95. The zero-order chi connectivity index (χ0) is 7.78. The Morgan fingerprint density at radius 3 is 2.50 bits per heavy atom. The number of ether oxygens (including phenoxy) is 1. The largest absolute Gasteiger partial charge is 0.463 e. The third kappa shape index (κ3) is 1.20. The molecule has 0 unspecified atom stereocenters. The first-order valence-electron chi connectivity index (χ1n) is 3.48. The molecule has 56 valence electrons. The molecule has 2 nitrogen and oxygen atoms in total. The van der Waals surface area contributed by atoms with Crippen molar-refractivity contribution in [3.8, 4) is 0 Å².